The number of hydrogen-bond donors (Lipinski definition) is 1. The SMILES string of the molecule is Cc1cccc(-c2noc(CN3CCC(C(=O)NC(C)c4ccc(C)c(C)c4)CC3)n2)c1. The average molecular weight is 433 g/mol. The van der Waals surface area contributed by atoms with E-state index in [9.17, 15) is 4.79 Å². The molecule has 0 saturated carbocycles. The van der Waals surface area contributed by atoms with Crippen LogP contribution in [0.4, 0.5) is 0 Å². The number of benzene rings is 2. The largest absolute Gasteiger partial charge is 0.349 e. The van der Waals surface area contributed by atoms with Crippen LogP contribution < -0.4 is 5.32 Å². The third-order valence-corrected chi connectivity index (χ3v) is 6.45. The van der Waals surface area contributed by atoms with Gasteiger partial charge < -0.3 is 9.84 Å². The Morgan fingerprint density at radius 3 is 2.62 bits per heavy atom. The lowest BCUT2D eigenvalue weighted by molar-refractivity contribution is -0.127. The summed E-state index contributed by atoms with van der Waals surface area (Å²) in [6.45, 7) is 10.6. The number of rotatable bonds is 6. The molecule has 1 aliphatic rings. The van der Waals surface area contributed by atoms with Gasteiger partial charge in [-0.15, -0.1) is 0 Å². The molecular weight excluding hydrogens is 400 g/mol. The number of aromatic nitrogens is 2. The first-order chi connectivity index (χ1) is 15.4. The molecule has 168 valence electrons. The zero-order valence-electron chi connectivity index (χ0n) is 19.4. The molecule has 1 unspecified atom stereocenters. The molecule has 6 heteroatoms. The zero-order valence-corrected chi connectivity index (χ0v) is 19.4. The molecular formula is C26H32N4O2. The molecule has 32 heavy (non-hydrogen) atoms. The van der Waals surface area contributed by atoms with Gasteiger partial charge in [0.25, 0.3) is 0 Å². The fourth-order valence-corrected chi connectivity index (χ4v) is 4.21. The van der Waals surface area contributed by atoms with Gasteiger partial charge in [0.15, 0.2) is 0 Å². The number of aryl methyl sites for hydroxylation is 3. The number of nitrogens with zero attached hydrogens (tertiary/aromatic N) is 3. The van der Waals surface area contributed by atoms with Crippen molar-refractivity contribution in [2.45, 2.75) is 53.1 Å². The van der Waals surface area contributed by atoms with Gasteiger partial charge in [0.1, 0.15) is 0 Å². The van der Waals surface area contributed by atoms with E-state index in [2.05, 4.69) is 65.4 Å². The minimum absolute atomic E-state index is 0.0123. The van der Waals surface area contributed by atoms with E-state index in [0.717, 1.165) is 37.1 Å². The Kier molecular flexibility index (Phi) is 6.70. The normalized spacial score (nSPS) is 16.1. The molecule has 0 spiro atoms. The second-order valence-corrected chi connectivity index (χ2v) is 9.01. The lowest BCUT2D eigenvalue weighted by Crippen LogP contribution is -2.41. The molecule has 0 aliphatic carbocycles. The summed E-state index contributed by atoms with van der Waals surface area (Å²) in [5.74, 6) is 1.44. The lowest BCUT2D eigenvalue weighted by atomic mass is 9.95. The Morgan fingerprint density at radius 2 is 1.91 bits per heavy atom. The summed E-state index contributed by atoms with van der Waals surface area (Å²) in [4.78, 5) is 19.7. The van der Waals surface area contributed by atoms with Crippen LogP contribution in [0.5, 0.6) is 0 Å². The Balaban J connectivity index is 1.27. The minimum atomic E-state index is 0.0123. The van der Waals surface area contributed by atoms with Crippen molar-refractivity contribution in [2.24, 2.45) is 5.92 Å². The van der Waals surface area contributed by atoms with Crippen molar-refractivity contribution in [3.05, 3.63) is 70.6 Å². The van der Waals surface area contributed by atoms with E-state index in [-0.39, 0.29) is 17.9 Å². The topological polar surface area (TPSA) is 71.3 Å². The smallest absolute Gasteiger partial charge is 0.241 e. The highest BCUT2D eigenvalue weighted by Gasteiger charge is 2.27. The Hall–Kier alpha value is -2.99. The van der Waals surface area contributed by atoms with Gasteiger partial charge in [-0.3, -0.25) is 9.69 Å². The van der Waals surface area contributed by atoms with Crippen LogP contribution in [0.25, 0.3) is 11.4 Å². The molecule has 1 amide bonds. The highest BCUT2D eigenvalue weighted by molar-refractivity contribution is 5.79. The molecule has 0 radical (unpaired) electrons. The molecule has 1 atom stereocenters. The molecule has 2 aromatic carbocycles. The third-order valence-electron chi connectivity index (χ3n) is 6.45. The van der Waals surface area contributed by atoms with E-state index in [4.69, 9.17) is 4.52 Å². The number of piperidine rings is 1. The molecule has 3 aromatic rings. The second kappa shape index (κ2) is 9.65. The van der Waals surface area contributed by atoms with Crippen LogP contribution in [-0.2, 0) is 11.3 Å². The molecule has 1 N–H and O–H groups in total. The summed E-state index contributed by atoms with van der Waals surface area (Å²) in [7, 11) is 0. The maximum atomic E-state index is 12.8. The number of amides is 1. The van der Waals surface area contributed by atoms with Crippen molar-refractivity contribution in [1.82, 2.24) is 20.4 Å². The highest BCUT2D eigenvalue weighted by atomic mass is 16.5. The summed E-state index contributed by atoms with van der Waals surface area (Å²) >= 11 is 0. The van der Waals surface area contributed by atoms with E-state index in [1.54, 1.807) is 0 Å². The summed E-state index contributed by atoms with van der Waals surface area (Å²) in [5, 5.41) is 7.34. The van der Waals surface area contributed by atoms with Gasteiger partial charge in [-0.25, -0.2) is 0 Å². The molecule has 4 rings (SSSR count). The summed E-state index contributed by atoms with van der Waals surface area (Å²) < 4.78 is 5.47. The average Bonchev–Trinajstić information content (AvgIpc) is 3.24. The number of carbonyl (C=O) groups excluding carboxylic acids is 1. The fourth-order valence-electron chi connectivity index (χ4n) is 4.21. The lowest BCUT2D eigenvalue weighted by Gasteiger charge is -2.31. The maximum Gasteiger partial charge on any atom is 0.241 e. The first-order valence-electron chi connectivity index (χ1n) is 11.4. The standard InChI is InChI=1S/C26H32N4O2/c1-17-6-5-7-23(14-17)25-28-24(32-29-25)16-30-12-10-21(11-13-30)26(31)27-20(4)22-9-8-18(2)19(3)15-22/h5-9,14-15,20-21H,10-13,16H2,1-4H3,(H,27,31). The van der Waals surface area contributed by atoms with Gasteiger partial charge in [0, 0.05) is 11.5 Å². The van der Waals surface area contributed by atoms with Gasteiger partial charge in [0.2, 0.25) is 17.6 Å². The van der Waals surface area contributed by atoms with Crippen molar-refractivity contribution in [2.75, 3.05) is 13.1 Å². The molecule has 1 aromatic heterocycles. The summed E-state index contributed by atoms with van der Waals surface area (Å²) in [5.41, 5.74) is 5.81. The molecule has 1 fully saturated rings. The third kappa shape index (κ3) is 5.25. The minimum Gasteiger partial charge on any atom is -0.349 e. The molecule has 0 bridgehead atoms. The van der Waals surface area contributed by atoms with Crippen LogP contribution >= 0.6 is 0 Å². The van der Waals surface area contributed by atoms with Gasteiger partial charge in [-0.05, 0) is 76.4 Å². The summed E-state index contributed by atoms with van der Waals surface area (Å²) in [6.07, 6.45) is 1.68. The number of hydrogen-bond acceptors (Lipinski definition) is 5. The van der Waals surface area contributed by atoms with E-state index >= 15 is 0 Å². The second-order valence-electron chi connectivity index (χ2n) is 9.01. The van der Waals surface area contributed by atoms with E-state index in [1.807, 2.05) is 25.1 Å². The van der Waals surface area contributed by atoms with Crippen molar-refractivity contribution < 1.29 is 9.32 Å². The van der Waals surface area contributed by atoms with Gasteiger partial charge >= 0.3 is 0 Å². The predicted octanol–water partition coefficient (Wildman–Crippen LogP) is 4.75. The number of likely N-dealkylation sites (tertiary alicyclic amines) is 1. The first kappa shape index (κ1) is 22.2. The van der Waals surface area contributed by atoms with Gasteiger partial charge in [0.05, 0.1) is 12.6 Å². The Labute approximate surface area is 190 Å². The van der Waals surface area contributed by atoms with Crippen LogP contribution in [0.3, 0.4) is 0 Å². The van der Waals surface area contributed by atoms with E-state index < -0.39 is 0 Å². The molecule has 2 heterocycles. The molecule has 6 nitrogen and oxygen atoms in total. The molecule has 1 saturated heterocycles. The monoisotopic (exact) mass is 432 g/mol. The molecule has 1 aliphatic heterocycles. The number of nitrogens with one attached hydrogen (secondary N) is 1. The van der Waals surface area contributed by atoms with Crippen LogP contribution in [0, 0.1) is 26.7 Å². The van der Waals surface area contributed by atoms with Crippen molar-refractivity contribution >= 4 is 5.91 Å². The Morgan fingerprint density at radius 1 is 1.12 bits per heavy atom. The van der Waals surface area contributed by atoms with Gasteiger partial charge in [-0.1, -0.05) is 47.1 Å². The first-order valence-corrected chi connectivity index (χ1v) is 11.4. The van der Waals surface area contributed by atoms with E-state index in [1.165, 1.54) is 16.7 Å². The van der Waals surface area contributed by atoms with Crippen LogP contribution in [-0.4, -0.2) is 34.0 Å². The van der Waals surface area contributed by atoms with Gasteiger partial charge in [-0.2, -0.15) is 4.98 Å². The summed E-state index contributed by atoms with van der Waals surface area (Å²) in [6, 6.07) is 14.5. The fraction of sp³-hybridized carbons (Fsp3) is 0.423. The van der Waals surface area contributed by atoms with Crippen LogP contribution in [0.15, 0.2) is 47.0 Å². The maximum absolute atomic E-state index is 12.8. The van der Waals surface area contributed by atoms with Crippen LogP contribution in [0.2, 0.25) is 0 Å². The number of carbonyl (C=O) groups is 1. The predicted molar refractivity (Wildman–Crippen MR) is 125 cm³/mol. The van der Waals surface area contributed by atoms with Crippen molar-refractivity contribution in [3.8, 4) is 11.4 Å². The van der Waals surface area contributed by atoms with Crippen LogP contribution in [0.1, 0.15) is 54.0 Å². The highest BCUT2D eigenvalue weighted by Crippen LogP contribution is 2.23. The quantitative estimate of drug-likeness (QED) is 0.609. The Bertz CT molecular complexity index is 1080. The zero-order chi connectivity index (χ0) is 22.7. The van der Waals surface area contributed by atoms with Crippen molar-refractivity contribution in [1.29, 1.82) is 0 Å². The van der Waals surface area contributed by atoms with Crippen molar-refractivity contribution in [3.63, 3.8) is 0 Å². The van der Waals surface area contributed by atoms with E-state index in [0.29, 0.717) is 18.3 Å².